The summed E-state index contributed by atoms with van der Waals surface area (Å²) in [5.74, 6) is 1.69. The minimum absolute atomic E-state index is 0.212. The van der Waals surface area contributed by atoms with Crippen molar-refractivity contribution in [3.63, 3.8) is 0 Å². The van der Waals surface area contributed by atoms with Gasteiger partial charge in [0.25, 0.3) is 5.89 Å². The maximum atomic E-state index is 6.38. The summed E-state index contributed by atoms with van der Waals surface area (Å²) < 4.78 is 10.8. The molecule has 0 unspecified atom stereocenters. The Morgan fingerprint density at radius 2 is 2.10 bits per heavy atom. The molecule has 6 heteroatoms. The fourth-order valence-electron chi connectivity index (χ4n) is 2.62. The van der Waals surface area contributed by atoms with Crippen LogP contribution in [0.3, 0.4) is 0 Å². The highest BCUT2D eigenvalue weighted by Crippen LogP contribution is 2.33. The van der Waals surface area contributed by atoms with Crippen LogP contribution in [0.25, 0.3) is 0 Å². The lowest BCUT2D eigenvalue weighted by molar-refractivity contribution is 0.238. The molecule has 0 amide bonds. The van der Waals surface area contributed by atoms with Gasteiger partial charge in [0, 0.05) is 5.02 Å². The van der Waals surface area contributed by atoms with Gasteiger partial charge >= 0.3 is 0 Å². The van der Waals surface area contributed by atoms with Crippen LogP contribution in [0.15, 0.2) is 28.8 Å². The van der Waals surface area contributed by atoms with Gasteiger partial charge in [-0.1, -0.05) is 42.1 Å². The lowest BCUT2D eigenvalue weighted by atomic mass is 9.82. The molecule has 1 aromatic carbocycles. The van der Waals surface area contributed by atoms with E-state index in [0.717, 1.165) is 25.7 Å². The zero-order valence-corrected chi connectivity index (χ0v) is 12.5. The summed E-state index contributed by atoms with van der Waals surface area (Å²) in [6.45, 7) is 0.212. The van der Waals surface area contributed by atoms with Gasteiger partial charge in [-0.3, -0.25) is 0 Å². The van der Waals surface area contributed by atoms with Crippen LogP contribution in [-0.4, -0.2) is 10.1 Å². The van der Waals surface area contributed by atoms with E-state index in [1.54, 1.807) is 12.1 Å². The van der Waals surface area contributed by atoms with Gasteiger partial charge in [0.15, 0.2) is 12.4 Å². The lowest BCUT2D eigenvalue weighted by Gasteiger charge is -2.29. The van der Waals surface area contributed by atoms with Crippen molar-refractivity contribution in [3.8, 4) is 5.75 Å². The van der Waals surface area contributed by atoms with E-state index >= 15 is 0 Å². The molecular formula is C15H18ClN3O2. The van der Waals surface area contributed by atoms with E-state index in [4.69, 9.17) is 26.6 Å². The van der Waals surface area contributed by atoms with E-state index in [2.05, 4.69) is 10.1 Å². The van der Waals surface area contributed by atoms with Crippen molar-refractivity contribution in [2.45, 2.75) is 44.2 Å². The molecule has 0 spiro atoms. The normalized spacial score (nSPS) is 17.6. The summed E-state index contributed by atoms with van der Waals surface area (Å²) in [5.41, 5.74) is 5.93. The van der Waals surface area contributed by atoms with Gasteiger partial charge in [-0.2, -0.15) is 4.98 Å². The van der Waals surface area contributed by atoms with Gasteiger partial charge in [0.05, 0.1) is 5.54 Å². The summed E-state index contributed by atoms with van der Waals surface area (Å²) >= 11 is 5.90. The van der Waals surface area contributed by atoms with Crippen LogP contribution in [0.4, 0.5) is 0 Å². The highest BCUT2D eigenvalue weighted by molar-refractivity contribution is 6.30. The number of hydrogen-bond acceptors (Lipinski definition) is 5. The average Bonchev–Trinajstić information content (AvgIpc) is 2.96. The molecule has 1 fully saturated rings. The van der Waals surface area contributed by atoms with Crippen molar-refractivity contribution in [2.75, 3.05) is 0 Å². The van der Waals surface area contributed by atoms with E-state index in [9.17, 15) is 0 Å². The zero-order valence-electron chi connectivity index (χ0n) is 11.7. The molecule has 2 N–H and O–H groups in total. The van der Waals surface area contributed by atoms with Gasteiger partial charge in [0.1, 0.15) is 5.75 Å². The maximum Gasteiger partial charge on any atom is 0.264 e. The third-order valence-corrected chi connectivity index (χ3v) is 4.05. The smallest absolute Gasteiger partial charge is 0.264 e. The standard InChI is InChI=1S/C15H18ClN3O2/c16-11-5-4-6-12(9-11)20-10-13-18-14(19-21-13)15(17)7-2-1-3-8-15/h4-6,9H,1-3,7-8,10,17H2. The largest absolute Gasteiger partial charge is 0.484 e. The number of nitrogens with zero attached hydrogens (tertiary/aromatic N) is 2. The van der Waals surface area contributed by atoms with Gasteiger partial charge in [-0.25, -0.2) is 0 Å². The quantitative estimate of drug-likeness (QED) is 0.936. The van der Waals surface area contributed by atoms with Gasteiger partial charge in [0.2, 0.25) is 0 Å². The number of halogens is 1. The fourth-order valence-corrected chi connectivity index (χ4v) is 2.80. The first kappa shape index (κ1) is 14.4. The number of ether oxygens (including phenoxy) is 1. The molecule has 2 aromatic rings. The van der Waals surface area contributed by atoms with Gasteiger partial charge in [-0.05, 0) is 31.0 Å². The molecule has 0 aliphatic heterocycles. The Hall–Kier alpha value is -1.59. The van der Waals surface area contributed by atoms with Gasteiger partial charge < -0.3 is 15.0 Å². The first-order valence-corrected chi connectivity index (χ1v) is 7.54. The molecule has 5 nitrogen and oxygen atoms in total. The van der Waals surface area contributed by atoms with Crippen LogP contribution < -0.4 is 10.5 Å². The Morgan fingerprint density at radius 3 is 2.86 bits per heavy atom. The summed E-state index contributed by atoms with van der Waals surface area (Å²) in [5, 5.41) is 4.65. The number of nitrogens with two attached hydrogens (primary N) is 1. The van der Waals surface area contributed by atoms with E-state index in [1.165, 1.54) is 6.42 Å². The molecule has 0 radical (unpaired) electrons. The predicted octanol–water partition coefficient (Wildman–Crippen LogP) is 3.42. The van der Waals surface area contributed by atoms with Crippen molar-refractivity contribution in [1.29, 1.82) is 0 Å². The topological polar surface area (TPSA) is 74.2 Å². The summed E-state index contributed by atoms with van der Waals surface area (Å²) in [6, 6.07) is 7.19. The Bertz CT molecular complexity index is 608. The molecule has 0 saturated heterocycles. The Morgan fingerprint density at radius 1 is 1.29 bits per heavy atom. The monoisotopic (exact) mass is 307 g/mol. The molecule has 112 valence electrons. The number of rotatable bonds is 4. The highest BCUT2D eigenvalue weighted by Gasteiger charge is 2.34. The molecule has 1 heterocycles. The lowest BCUT2D eigenvalue weighted by Crippen LogP contribution is -2.39. The average molecular weight is 308 g/mol. The molecule has 1 saturated carbocycles. The molecule has 21 heavy (non-hydrogen) atoms. The molecule has 1 aliphatic carbocycles. The van der Waals surface area contributed by atoms with E-state index < -0.39 is 5.54 Å². The molecule has 1 aliphatic rings. The van der Waals surface area contributed by atoms with Crippen molar-refractivity contribution in [2.24, 2.45) is 5.73 Å². The van der Waals surface area contributed by atoms with E-state index in [1.807, 2.05) is 12.1 Å². The Kier molecular flexibility index (Phi) is 4.12. The third-order valence-electron chi connectivity index (χ3n) is 3.82. The second kappa shape index (κ2) is 6.03. The molecule has 1 aromatic heterocycles. The summed E-state index contributed by atoms with van der Waals surface area (Å²) in [6.07, 6.45) is 5.25. The molecule has 0 bridgehead atoms. The van der Waals surface area contributed by atoms with Crippen molar-refractivity contribution in [1.82, 2.24) is 10.1 Å². The van der Waals surface area contributed by atoms with Crippen LogP contribution in [-0.2, 0) is 12.1 Å². The minimum atomic E-state index is -0.448. The number of hydrogen-bond donors (Lipinski definition) is 1. The molecular weight excluding hydrogens is 290 g/mol. The number of benzene rings is 1. The first-order chi connectivity index (χ1) is 10.2. The zero-order chi connectivity index (χ0) is 14.7. The van der Waals surface area contributed by atoms with Crippen molar-refractivity contribution >= 4 is 11.6 Å². The van der Waals surface area contributed by atoms with Crippen LogP contribution in [0.1, 0.15) is 43.8 Å². The number of aromatic nitrogens is 2. The Balaban J connectivity index is 1.65. The van der Waals surface area contributed by atoms with Crippen LogP contribution in [0.5, 0.6) is 5.75 Å². The maximum absolute atomic E-state index is 6.38. The molecule has 0 atom stereocenters. The van der Waals surface area contributed by atoms with E-state index in [0.29, 0.717) is 22.5 Å². The summed E-state index contributed by atoms with van der Waals surface area (Å²) in [4.78, 5) is 4.38. The third kappa shape index (κ3) is 3.36. The van der Waals surface area contributed by atoms with Crippen LogP contribution in [0, 0.1) is 0 Å². The fraction of sp³-hybridized carbons (Fsp3) is 0.467. The Labute approximate surface area is 128 Å². The first-order valence-electron chi connectivity index (χ1n) is 7.16. The van der Waals surface area contributed by atoms with Crippen LogP contribution >= 0.6 is 11.6 Å². The SMILES string of the molecule is NC1(c2noc(COc3cccc(Cl)c3)n2)CCCCC1. The second-order valence-corrected chi connectivity index (χ2v) is 5.91. The van der Waals surface area contributed by atoms with Crippen molar-refractivity contribution < 1.29 is 9.26 Å². The van der Waals surface area contributed by atoms with Gasteiger partial charge in [-0.15, -0.1) is 0 Å². The van der Waals surface area contributed by atoms with E-state index in [-0.39, 0.29) is 6.61 Å². The predicted molar refractivity (Wildman–Crippen MR) is 79.0 cm³/mol. The second-order valence-electron chi connectivity index (χ2n) is 5.47. The highest BCUT2D eigenvalue weighted by atomic mass is 35.5. The summed E-state index contributed by atoms with van der Waals surface area (Å²) in [7, 11) is 0. The molecule has 3 rings (SSSR count). The van der Waals surface area contributed by atoms with Crippen LogP contribution in [0.2, 0.25) is 5.02 Å². The minimum Gasteiger partial charge on any atom is -0.484 e. The van der Waals surface area contributed by atoms with Crippen molar-refractivity contribution in [3.05, 3.63) is 41.0 Å².